The van der Waals surface area contributed by atoms with Crippen LogP contribution in [-0.2, 0) is 23.2 Å². The maximum absolute atomic E-state index is 12.5. The lowest BCUT2D eigenvalue weighted by Gasteiger charge is -2.29. The minimum Gasteiger partial charge on any atom is -0.338 e. The fourth-order valence-electron chi connectivity index (χ4n) is 3.78. The summed E-state index contributed by atoms with van der Waals surface area (Å²) in [5.74, 6) is 0.159. The van der Waals surface area contributed by atoms with E-state index in [-0.39, 0.29) is 17.4 Å². The number of carbonyl (C=O) groups excluding carboxylic acids is 2. The summed E-state index contributed by atoms with van der Waals surface area (Å²) in [7, 11) is 0. The van der Waals surface area contributed by atoms with Crippen molar-refractivity contribution in [1.29, 1.82) is 0 Å². The van der Waals surface area contributed by atoms with Crippen LogP contribution in [0.4, 0.5) is 4.79 Å². The molecule has 0 atom stereocenters. The Balaban J connectivity index is 1.35. The fourth-order valence-corrected chi connectivity index (χ4v) is 3.78. The number of hydrogen-bond acceptors (Lipinski definition) is 2. The summed E-state index contributed by atoms with van der Waals surface area (Å²) >= 11 is 0. The molecule has 2 aromatic rings. The van der Waals surface area contributed by atoms with Crippen LogP contribution in [0.5, 0.6) is 0 Å². The van der Waals surface area contributed by atoms with E-state index in [9.17, 15) is 9.59 Å². The van der Waals surface area contributed by atoms with Crippen LogP contribution in [0.3, 0.4) is 0 Å². The number of nitrogens with one attached hydrogen (secondary N) is 2. The summed E-state index contributed by atoms with van der Waals surface area (Å²) in [5, 5.41) is 5.82. The number of aryl methyl sites for hydroxylation is 1. The van der Waals surface area contributed by atoms with Crippen LogP contribution in [0.25, 0.3) is 0 Å². The Labute approximate surface area is 179 Å². The zero-order chi connectivity index (χ0) is 21.6. The Morgan fingerprint density at radius 3 is 2.43 bits per heavy atom. The third-order valence-electron chi connectivity index (χ3n) is 5.86. The van der Waals surface area contributed by atoms with Gasteiger partial charge in [0, 0.05) is 38.0 Å². The summed E-state index contributed by atoms with van der Waals surface area (Å²) in [5.41, 5.74) is 4.86. The number of urea groups is 1. The Kier molecular flexibility index (Phi) is 7.14. The van der Waals surface area contributed by atoms with Crippen molar-refractivity contribution in [3.63, 3.8) is 0 Å². The monoisotopic (exact) mass is 407 g/mol. The van der Waals surface area contributed by atoms with Crippen molar-refractivity contribution in [3.8, 4) is 0 Å². The molecule has 1 aliphatic rings. The van der Waals surface area contributed by atoms with Crippen molar-refractivity contribution < 1.29 is 9.59 Å². The number of fused-ring (bicyclic) bond motifs is 1. The Morgan fingerprint density at radius 1 is 1.00 bits per heavy atom. The predicted octanol–water partition coefficient (Wildman–Crippen LogP) is 3.94. The first-order valence-electron chi connectivity index (χ1n) is 10.8. The fraction of sp³-hybridized carbons (Fsp3) is 0.440. The van der Waals surface area contributed by atoms with Crippen LogP contribution < -0.4 is 10.6 Å². The highest BCUT2D eigenvalue weighted by atomic mass is 16.2. The lowest BCUT2D eigenvalue weighted by atomic mass is 9.84. The highest BCUT2D eigenvalue weighted by molar-refractivity contribution is 5.77. The molecule has 0 unspecified atom stereocenters. The molecule has 0 radical (unpaired) electrons. The van der Waals surface area contributed by atoms with Gasteiger partial charge in [-0.2, -0.15) is 0 Å². The van der Waals surface area contributed by atoms with E-state index in [1.165, 1.54) is 22.3 Å². The molecule has 5 heteroatoms. The number of benzene rings is 2. The van der Waals surface area contributed by atoms with Crippen LogP contribution in [0.15, 0.2) is 48.5 Å². The van der Waals surface area contributed by atoms with E-state index in [0.717, 1.165) is 13.0 Å². The van der Waals surface area contributed by atoms with E-state index >= 15 is 0 Å². The van der Waals surface area contributed by atoms with Gasteiger partial charge in [-0.25, -0.2) is 4.79 Å². The zero-order valence-electron chi connectivity index (χ0n) is 18.3. The molecule has 0 aliphatic carbocycles. The lowest BCUT2D eigenvalue weighted by molar-refractivity contribution is -0.132. The summed E-state index contributed by atoms with van der Waals surface area (Å²) in [6, 6.07) is 16.5. The maximum Gasteiger partial charge on any atom is 0.314 e. The first kappa shape index (κ1) is 21.9. The molecule has 0 aromatic heterocycles. The van der Waals surface area contributed by atoms with Gasteiger partial charge in [0.05, 0.1) is 0 Å². The van der Waals surface area contributed by atoms with E-state index in [2.05, 4.69) is 73.9 Å². The van der Waals surface area contributed by atoms with Crippen LogP contribution in [0, 0.1) is 6.92 Å². The molecule has 0 bridgehead atoms. The highest BCUT2D eigenvalue weighted by Crippen LogP contribution is 2.22. The van der Waals surface area contributed by atoms with Gasteiger partial charge in [-0.1, -0.05) is 67.9 Å². The summed E-state index contributed by atoms with van der Waals surface area (Å²) in [6.45, 7) is 8.81. The SMILES string of the molecule is Cc1ccc(C(C)(C)CNC(=O)NCCCC(=O)N2CCc3ccccc3C2)cc1. The molecule has 5 nitrogen and oxygen atoms in total. The molecule has 0 saturated heterocycles. The topological polar surface area (TPSA) is 61.4 Å². The minimum atomic E-state index is -0.186. The van der Waals surface area contributed by atoms with Gasteiger partial charge in [0.2, 0.25) is 5.91 Å². The van der Waals surface area contributed by atoms with Gasteiger partial charge >= 0.3 is 6.03 Å². The average Bonchev–Trinajstić information content (AvgIpc) is 2.75. The Hall–Kier alpha value is -2.82. The molecule has 30 heavy (non-hydrogen) atoms. The smallest absolute Gasteiger partial charge is 0.314 e. The second kappa shape index (κ2) is 9.79. The van der Waals surface area contributed by atoms with Crippen LogP contribution in [-0.4, -0.2) is 36.5 Å². The molecule has 0 spiro atoms. The molecular weight excluding hydrogens is 374 g/mol. The third kappa shape index (κ3) is 5.85. The molecule has 0 fully saturated rings. The van der Waals surface area contributed by atoms with Crippen molar-refractivity contribution in [3.05, 3.63) is 70.8 Å². The first-order chi connectivity index (χ1) is 14.3. The van der Waals surface area contributed by atoms with Crippen molar-refractivity contribution in [2.24, 2.45) is 0 Å². The standard InChI is InChI=1S/C25H33N3O2/c1-19-10-12-22(13-11-19)25(2,3)18-27-24(30)26-15-6-9-23(29)28-16-14-20-7-4-5-8-21(20)17-28/h4-5,7-8,10-13H,6,9,14-18H2,1-3H3,(H2,26,27,30). The molecule has 3 rings (SSSR count). The summed E-state index contributed by atoms with van der Waals surface area (Å²) < 4.78 is 0. The molecular formula is C25H33N3O2. The van der Waals surface area contributed by atoms with E-state index in [1.807, 2.05) is 11.0 Å². The van der Waals surface area contributed by atoms with Gasteiger partial charge in [-0.05, 0) is 36.5 Å². The second-order valence-corrected chi connectivity index (χ2v) is 8.80. The van der Waals surface area contributed by atoms with Crippen LogP contribution >= 0.6 is 0 Å². The van der Waals surface area contributed by atoms with Crippen molar-refractivity contribution in [2.75, 3.05) is 19.6 Å². The zero-order valence-corrected chi connectivity index (χ0v) is 18.3. The van der Waals surface area contributed by atoms with Crippen LogP contribution in [0.2, 0.25) is 0 Å². The predicted molar refractivity (Wildman–Crippen MR) is 120 cm³/mol. The molecule has 2 aromatic carbocycles. The lowest BCUT2D eigenvalue weighted by Crippen LogP contribution is -2.42. The highest BCUT2D eigenvalue weighted by Gasteiger charge is 2.22. The van der Waals surface area contributed by atoms with Gasteiger partial charge in [-0.3, -0.25) is 4.79 Å². The van der Waals surface area contributed by atoms with Crippen molar-refractivity contribution in [2.45, 2.75) is 52.0 Å². The molecule has 1 heterocycles. The van der Waals surface area contributed by atoms with E-state index in [4.69, 9.17) is 0 Å². The molecule has 3 amide bonds. The van der Waals surface area contributed by atoms with Gasteiger partial charge < -0.3 is 15.5 Å². The number of carbonyl (C=O) groups is 2. The third-order valence-corrected chi connectivity index (χ3v) is 5.86. The van der Waals surface area contributed by atoms with E-state index < -0.39 is 0 Å². The number of rotatable bonds is 7. The van der Waals surface area contributed by atoms with E-state index in [0.29, 0.717) is 32.5 Å². The minimum absolute atomic E-state index is 0.147. The maximum atomic E-state index is 12.5. The Bertz CT molecular complexity index is 874. The first-order valence-corrected chi connectivity index (χ1v) is 10.8. The van der Waals surface area contributed by atoms with Gasteiger partial charge in [0.15, 0.2) is 0 Å². The summed E-state index contributed by atoms with van der Waals surface area (Å²) in [6.07, 6.45) is 2.02. The van der Waals surface area contributed by atoms with Gasteiger partial charge in [-0.15, -0.1) is 0 Å². The van der Waals surface area contributed by atoms with Gasteiger partial charge in [0.25, 0.3) is 0 Å². The quantitative estimate of drug-likeness (QED) is 0.683. The molecule has 160 valence electrons. The molecule has 1 aliphatic heterocycles. The van der Waals surface area contributed by atoms with Crippen molar-refractivity contribution in [1.82, 2.24) is 15.5 Å². The number of nitrogens with zero attached hydrogens (tertiary/aromatic N) is 1. The van der Waals surface area contributed by atoms with Crippen LogP contribution in [0.1, 0.15) is 48.9 Å². The molecule has 0 saturated carbocycles. The van der Waals surface area contributed by atoms with Gasteiger partial charge in [0.1, 0.15) is 0 Å². The Morgan fingerprint density at radius 2 is 1.70 bits per heavy atom. The summed E-state index contributed by atoms with van der Waals surface area (Å²) in [4.78, 5) is 26.6. The largest absolute Gasteiger partial charge is 0.338 e. The van der Waals surface area contributed by atoms with E-state index in [1.54, 1.807) is 0 Å². The average molecular weight is 408 g/mol. The number of hydrogen-bond donors (Lipinski definition) is 2. The second-order valence-electron chi connectivity index (χ2n) is 8.80. The normalized spacial score (nSPS) is 13.5. The van der Waals surface area contributed by atoms with Crippen molar-refractivity contribution >= 4 is 11.9 Å². The number of amides is 3. The molecule has 2 N–H and O–H groups in total.